The van der Waals surface area contributed by atoms with Crippen molar-refractivity contribution in [3.8, 4) is 5.75 Å². The molecule has 1 fully saturated rings. The Morgan fingerprint density at radius 1 is 1.00 bits per heavy atom. The highest BCUT2D eigenvalue weighted by molar-refractivity contribution is 6.35. The molecule has 1 aromatic heterocycles. The quantitative estimate of drug-likeness (QED) is 0.697. The van der Waals surface area contributed by atoms with Gasteiger partial charge in [-0.05, 0) is 67.2 Å². The Kier molecular flexibility index (Phi) is 7.58. The van der Waals surface area contributed by atoms with E-state index in [9.17, 15) is 9.59 Å². The number of pyridine rings is 1. The maximum absolute atomic E-state index is 12.1. The maximum Gasteiger partial charge on any atom is 0.309 e. The van der Waals surface area contributed by atoms with Crippen LogP contribution in [0.25, 0.3) is 0 Å². The van der Waals surface area contributed by atoms with Crippen molar-refractivity contribution in [2.75, 3.05) is 26.7 Å². The van der Waals surface area contributed by atoms with E-state index < -0.39 is 11.8 Å². The predicted octanol–water partition coefficient (Wildman–Crippen LogP) is 1.73. The van der Waals surface area contributed by atoms with Gasteiger partial charge in [0.15, 0.2) is 0 Å². The second-order valence-corrected chi connectivity index (χ2v) is 7.32. The van der Waals surface area contributed by atoms with E-state index in [1.165, 1.54) is 5.56 Å². The zero-order chi connectivity index (χ0) is 20.5. The lowest BCUT2D eigenvalue weighted by atomic mass is 9.96. The summed E-state index contributed by atoms with van der Waals surface area (Å²) in [6.07, 6.45) is 5.66. The number of nitrogens with one attached hydrogen (secondary N) is 2. The van der Waals surface area contributed by atoms with Crippen molar-refractivity contribution in [2.45, 2.75) is 25.9 Å². The third-order valence-corrected chi connectivity index (χ3v) is 5.23. The first kappa shape index (κ1) is 20.8. The zero-order valence-electron chi connectivity index (χ0n) is 16.8. The fourth-order valence-corrected chi connectivity index (χ4v) is 3.42. The molecule has 0 spiro atoms. The lowest BCUT2D eigenvalue weighted by Gasteiger charge is -2.32. The topological polar surface area (TPSA) is 83.6 Å². The molecular formula is C22H28N4O3. The molecule has 0 unspecified atom stereocenters. The monoisotopic (exact) mass is 396 g/mol. The van der Waals surface area contributed by atoms with Crippen LogP contribution in [0.4, 0.5) is 0 Å². The number of ether oxygens (including phenoxy) is 1. The summed E-state index contributed by atoms with van der Waals surface area (Å²) in [5.41, 5.74) is 2.17. The van der Waals surface area contributed by atoms with Gasteiger partial charge >= 0.3 is 11.8 Å². The number of hydrogen-bond donors (Lipinski definition) is 2. The number of methoxy groups -OCH3 is 1. The third-order valence-electron chi connectivity index (χ3n) is 5.23. The van der Waals surface area contributed by atoms with Crippen LogP contribution in [0, 0.1) is 5.92 Å². The first-order chi connectivity index (χ1) is 14.1. The number of carbonyl (C=O) groups is 2. The van der Waals surface area contributed by atoms with Gasteiger partial charge in [-0.25, -0.2) is 0 Å². The average Bonchev–Trinajstić information content (AvgIpc) is 2.77. The summed E-state index contributed by atoms with van der Waals surface area (Å²) in [6.45, 7) is 3.76. The van der Waals surface area contributed by atoms with Crippen molar-refractivity contribution in [1.82, 2.24) is 20.5 Å². The molecule has 7 nitrogen and oxygen atoms in total. The lowest BCUT2D eigenvalue weighted by molar-refractivity contribution is -0.139. The third kappa shape index (κ3) is 6.57. The van der Waals surface area contributed by atoms with Crippen molar-refractivity contribution in [1.29, 1.82) is 0 Å². The van der Waals surface area contributed by atoms with Gasteiger partial charge in [0.1, 0.15) is 5.75 Å². The van der Waals surface area contributed by atoms with Gasteiger partial charge in [0.05, 0.1) is 7.11 Å². The number of carbonyl (C=O) groups excluding carboxylic acids is 2. The predicted molar refractivity (Wildman–Crippen MR) is 110 cm³/mol. The number of piperidine rings is 1. The van der Waals surface area contributed by atoms with Crippen LogP contribution in [0.1, 0.15) is 24.0 Å². The van der Waals surface area contributed by atoms with E-state index in [0.29, 0.717) is 19.0 Å². The highest BCUT2D eigenvalue weighted by atomic mass is 16.5. The molecule has 2 amide bonds. The molecule has 3 rings (SSSR count). The standard InChI is InChI=1S/C22H28N4O3/c1-29-20-4-2-17(3-5-20)14-24-21(27)22(28)25-15-18-8-12-26(13-9-18)16-19-6-10-23-11-7-19/h2-7,10-11,18H,8-9,12-16H2,1H3,(H,24,27)(H,25,28). The molecule has 0 radical (unpaired) electrons. The van der Waals surface area contributed by atoms with Gasteiger partial charge in [-0.3, -0.25) is 19.5 Å². The van der Waals surface area contributed by atoms with Gasteiger partial charge < -0.3 is 15.4 Å². The van der Waals surface area contributed by atoms with E-state index >= 15 is 0 Å². The molecule has 2 heterocycles. The van der Waals surface area contributed by atoms with E-state index in [1.807, 2.05) is 48.8 Å². The molecule has 29 heavy (non-hydrogen) atoms. The minimum atomic E-state index is -0.601. The smallest absolute Gasteiger partial charge is 0.309 e. The van der Waals surface area contributed by atoms with Crippen molar-refractivity contribution < 1.29 is 14.3 Å². The van der Waals surface area contributed by atoms with Gasteiger partial charge in [0, 0.05) is 32.0 Å². The van der Waals surface area contributed by atoms with Crippen molar-refractivity contribution in [3.63, 3.8) is 0 Å². The van der Waals surface area contributed by atoms with Crippen molar-refractivity contribution in [2.24, 2.45) is 5.92 Å². The largest absolute Gasteiger partial charge is 0.497 e. The molecular weight excluding hydrogens is 368 g/mol. The normalized spacial score (nSPS) is 14.9. The maximum atomic E-state index is 12.1. The molecule has 1 aliphatic rings. The van der Waals surface area contributed by atoms with Crippen LogP contribution in [0.15, 0.2) is 48.8 Å². The molecule has 1 aromatic carbocycles. The number of hydrogen-bond acceptors (Lipinski definition) is 5. The second-order valence-electron chi connectivity index (χ2n) is 7.32. The zero-order valence-corrected chi connectivity index (χ0v) is 16.8. The summed E-state index contributed by atoms with van der Waals surface area (Å²) in [5.74, 6) is -0.0136. The second kappa shape index (κ2) is 10.6. The van der Waals surface area contributed by atoms with E-state index in [-0.39, 0.29) is 0 Å². The van der Waals surface area contributed by atoms with Gasteiger partial charge in [0.25, 0.3) is 0 Å². The summed E-state index contributed by atoms with van der Waals surface area (Å²) in [6, 6.07) is 11.4. The Labute approximate surface area is 171 Å². The first-order valence-electron chi connectivity index (χ1n) is 9.94. The Morgan fingerprint density at radius 2 is 1.66 bits per heavy atom. The van der Waals surface area contributed by atoms with Crippen LogP contribution in [-0.2, 0) is 22.7 Å². The molecule has 0 aliphatic carbocycles. The summed E-state index contributed by atoms with van der Waals surface area (Å²) < 4.78 is 5.10. The van der Waals surface area contributed by atoms with E-state index in [1.54, 1.807) is 7.11 Å². The number of rotatable bonds is 7. The average molecular weight is 396 g/mol. The number of nitrogens with zero attached hydrogens (tertiary/aromatic N) is 2. The van der Waals surface area contributed by atoms with Crippen LogP contribution in [0.2, 0.25) is 0 Å². The lowest BCUT2D eigenvalue weighted by Crippen LogP contribution is -2.43. The van der Waals surface area contributed by atoms with Gasteiger partial charge in [-0.15, -0.1) is 0 Å². The fraction of sp³-hybridized carbons (Fsp3) is 0.409. The number of likely N-dealkylation sites (tertiary alicyclic amines) is 1. The minimum Gasteiger partial charge on any atom is -0.497 e. The van der Waals surface area contributed by atoms with Gasteiger partial charge in [-0.2, -0.15) is 0 Å². The summed E-state index contributed by atoms with van der Waals surface area (Å²) in [7, 11) is 1.60. The van der Waals surface area contributed by atoms with Crippen LogP contribution in [0.3, 0.4) is 0 Å². The Balaban J connectivity index is 1.33. The van der Waals surface area contributed by atoms with Gasteiger partial charge in [0.2, 0.25) is 0 Å². The summed E-state index contributed by atoms with van der Waals surface area (Å²) >= 11 is 0. The molecule has 0 atom stereocenters. The highest BCUT2D eigenvalue weighted by Gasteiger charge is 2.21. The van der Waals surface area contributed by atoms with E-state index in [0.717, 1.165) is 43.8 Å². The molecule has 7 heteroatoms. The number of amides is 2. The van der Waals surface area contributed by atoms with Crippen LogP contribution >= 0.6 is 0 Å². The van der Waals surface area contributed by atoms with Crippen LogP contribution < -0.4 is 15.4 Å². The Hall–Kier alpha value is -2.93. The molecule has 1 saturated heterocycles. The summed E-state index contributed by atoms with van der Waals surface area (Å²) in [4.78, 5) is 30.5. The fourth-order valence-electron chi connectivity index (χ4n) is 3.42. The molecule has 154 valence electrons. The molecule has 2 aromatic rings. The molecule has 0 bridgehead atoms. The van der Waals surface area contributed by atoms with Crippen molar-refractivity contribution >= 4 is 11.8 Å². The van der Waals surface area contributed by atoms with E-state index in [2.05, 4.69) is 20.5 Å². The summed E-state index contributed by atoms with van der Waals surface area (Å²) in [5, 5.41) is 5.43. The van der Waals surface area contributed by atoms with E-state index in [4.69, 9.17) is 4.74 Å². The van der Waals surface area contributed by atoms with Crippen molar-refractivity contribution in [3.05, 3.63) is 59.9 Å². The Morgan fingerprint density at radius 3 is 2.31 bits per heavy atom. The Bertz CT molecular complexity index is 787. The highest BCUT2D eigenvalue weighted by Crippen LogP contribution is 2.18. The van der Waals surface area contributed by atoms with Crippen LogP contribution in [-0.4, -0.2) is 48.4 Å². The number of benzene rings is 1. The minimum absolute atomic E-state index is 0.309. The number of aromatic nitrogens is 1. The molecule has 0 saturated carbocycles. The van der Waals surface area contributed by atoms with Crippen LogP contribution in [0.5, 0.6) is 5.75 Å². The SMILES string of the molecule is COc1ccc(CNC(=O)C(=O)NCC2CCN(Cc3ccncc3)CC2)cc1. The first-order valence-corrected chi connectivity index (χ1v) is 9.94. The van der Waals surface area contributed by atoms with Gasteiger partial charge in [-0.1, -0.05) is 12.1 Å². The molecule has 1 aliphatic heterocycles. The molecule has 2 N–H and O–H groups in total.